The van der Waals surface area contributed by atoms with Gasteiger partial charge >= 0.3 is 0 Å². The highest BCUT2D eigenvalue weighted by Crippen LogP contribution is 2.30. The Morgan fingerprint density at radius 3 is 2.04 bits per heavy atom. The first kappa shape index (κ1) is 33.7. The minimum absolute atomic E-state index is 0.0465. The number of amides is 2. The Hall–Kier alpha value is -4.14. The minimum atomic E-state index is -4.21. The Labute approximate surface area is 271 Å². The number of sulfonamides is 1. The highest BCUT2D eigenvalue weighted by Gasteiger charge is 2.35. The molecule has 4 aromatic carbocycles. The van der Waals surface area contributed by atoms with E-state index in [4.69, 9.17) is 11.6 Å². The van der Waals surface area contributed by atoms with Crippen LogP contribution in [0.5, 0.6) is 0 Å². The number of hydrogen-bond acceptors (Lipinski definition) is 4. The molecule has 0 fully saturated rings. The van der Waals surface area contributed by atoms with Gasteiger partial charge < -0.3 is 10.2 Å². The van der Waals surface area contributed by atoms with Crippen LogP contribution in [0.1, 0.15) is 42.5 Å². The van der Waals surface area contributed by atoms with Gasteiger partial charge in [-0.3, -0.25) is 13.9 Å². The number of halogens is 1. The molecule has 4 rings (SSSR count). The first-order valence-electron chi connectivity index (χ1n) is 15.0. The Morgan fingerprint density at radius 1 is 0.844 bits per heavy atom. The number of nitrogens with zero attached hydrogens (tertiary/aromatic N) is 2. The summed E-state index contributed by atoms with van der Waals surface area (Å²) in [5.74, 6) is -0.821. The van der Waals surface area contributed by atoms with Crippen molar-refractivity contribution in [1.29, 1.82) is 0 Å². The molecule has 0 aromatic heterocycles. The SMILES string of the molecule is CC[C@H](C)NC(=O)[C@@H](Cc1ccccc1)N(Cc1ccccc1)C(=O)CN(c1cc(Cl)ccc1C)S(=O)(=O)c1ccc(C)cc1. The molecule has 4 aromatic rings. The van der Waals surface area contributed by atoms with Crippen LogP contribution in [-0.4, -0.2) is 43.8 Å². The second-order valence-electron chi connectivity index (χ2n) is 11.3. The number of benzene rings is 4. The van der Waals surface area contributed by atoms with Gasteiger partial charge in [0.15, 0.2) is 0 Å². The molecular weight excluding hydrogens is 606 g/mol. The zero-order valence-corrected chi connectivity index (χ0v) is 27.7. The highest BCUT2D eigenvalue weighted by molar-refractivity contribution is 7.92. The van der Waals surface area contributed by atoms with E-state index in [0.29, 0.717) is 22.7 Å². The molecule has 9 heteroatoms. The van der Waals surface area contributed by atoms with E-state index in [1.807, 2.05) is 81.4 Å². The van der Waals surface area contributed by atoms with Gasteiger partial charge in [-0.25, -0.2) is 8.42 Å². The van der Waals surface area contributed by atoms with Crippen LogP contribution in [-0.2, 0) is 32.6 Å². The average Bonchev–Trinajstić information content (AvgIpc) is 3.03. The maximum atomic E-state index is 14.6. The molecule has 236 valence electrons. The number of aryl methyl sites for hydroxylation is 2. The molecule has 7 nitrogen and oxygen atoms in total. The number of carbonyl (C=O) groups excluding carboxylic acids is 2. The Bertz CT molecular complexity index is 1700. The first-order chi connectivity index (χ1) is 21.5. The van der Waals surface area contributed by atoms with Gasteiger partial charge in [0.25, 0.3) is 10.0 Å². The molecule has 0 unspecified atom stereocenters. The summed E-state index contributed by atoms with van der Waals surface area (Å²) in [7, 11) is -4.21. The van der Waals surface area contributed by atoms with Crippen LogP contribution < -0.4 is 9.62 Å². The summed E-state index contributed by atoms with van der Waals surface area (Å²) in [6.45, 7) is 7.11. The van der Waals surface area contributed by atoms with Crippen molar-refractivity contribution >= 4 is 39.1 Å². The van der Waals surface area contributed by atoms with Gasteiger partial charge in [-0.1, -0.05) is 103 Å². The van der Waals surface area contributed by atoms with Crippen molar-refractivity contribution in [3.05, 3.63) is 130 Å². The van der Waals surface area contributed by atoms with Crippen molar-refractivity contribution in [3.8, 4) is 0 Å². The summed E-state index contributed by atoms with van der Waals surface area (Å²) in [4.78, 5) is 30.0. The molecule has 0 radical (unpaired) electrons. The molecule has 0 spiro atoms. The fourth-order valence-corrected chi connectivity index (χ4v) is 6.61. The van der Waals surface area contributed by atoms with Crippen molar-refractivity contribution in [2.75, 3.05) is 10.8 Å². The Kier molecular flexibility index (Phi) is 11.4. The molecule has 2 atom stereocenters. The van der Waals surface area contributed by atoms with Crippen LogP contribution in [0.3, 0.4) is 0 Å². The van der Waals surface area contributed by atoms with Crippen molar-refractivity contribution in [2.45, 2.75) is 64.1 Å². The minimum Gasteiger partial charge on any atom is -0.352 e. The van der Waals surface area contributed by atoms with Gasteiger partial charge in [0.05, 0.1) is 10.6 Å². The van der Waals surface area contributed by atoms with Gasteiger partial charge in [0, 0.05) is 24.0 Å². The highest BCUT2D eigenvalue weighted by atomic mass is 35.5. The summed E-state index contributed by atoms with van der Waals surface area (Å²) < 4.78 is 29.6. The standard InChI is InChI=1S/C36H40ClN3O4S/c1-5-28(4)38-36(42)34(22-29-12-8-6-9-13-29)39(24-30-14-10-7-11-15-30)35(41)25-40(33-23-31(37)19-18-27(33)3)45(43,44)32-20-16-26(2)17-21-32/h6-21,23,28,34H,5,22,24-25H2,1-4H3,(H,38,42)/t28-,34+/m0/s1. The van der Waals surface area contributed by atoms with Crippen LogP contribution in [0.15, 0.2) is 108 Å². The zero-order valence-electron chi connectivity index (χ0n) is 26.1. The molecule has 0 aliphatic heterocycles. The molecule has 0 aliphatic carbocycles. The maximum absolute atomic E-state index is 14.6. The fourth-order valence-electron chi connectivity index (χ4n) is 4.98. The van der Waals surface area contributed by atoms with E-state index in [9.17, 15) is 18.0 Å². The average molecular weight is 646 g/mol. The van der Waals surface area contributed by atoms with Crippen molar-refractivity contribution < 1.29 is 18.0 Å². The van der Waals surface area contributed by atoms with Gasteiger partial charge in [0.2, 0.25) is 11.8 Å². The predicted octanol–water partition coefficient (Wildman–Crippen LogP) is 6.71. The molecule has 45 heavy (non-hydrogen) atoms. The maximum Gasteiger partial charge on any atom is 0.264 e. The summed E-state index contributed by atoms with van der Waals surface area (Å²) in [5.41, 5.74) is 3.52. The number of hydrogen-bond donors (Lipinski definition) is 1. The Morgan fingerprint density at radius 2 is 1.44 bits per heavy atom. The topological polar surface area (TPSA) is 86.8 Å². The van der Waals surface area contributed by atoms with Crippen molar-refractivity contribution in [1.82, 2.24) is 10.2 Å². The molecule has 1 N–H and O–H groups in total. The van der Waals surface area contributed by atoms with Crippen LogP contribution >= 0.6 is 11.6 Å². The number of anilines is 1. The van der Waals surface area contributed by atoms with E-state index in [1.54, 1.807) is 37.3 Å². The molecule has 0 aliphatic rings. The fraction of sp³-hybridized carbons (Fsp3) is 0.278. The lowest BCUT2D eigenvalue weighted by atomic mass is 10.0. The lowest BCUT2D eigenvalue weighted by Crippen LogP contribution is -2.54. The van der Waals surface area contributed by atoms with Crippen LogP contribution in [0, 0.1) is 13.8 Å². The molecule has 0 bridgehead atoms. The molecule has 2 amide bonds. The van der Waals surface area contributed by atoms with E-state index in [0.717, 1.165) is 21.0 Å². The molecule has 0 heterocycles. The smallest absolute Gasteiger partial charge is 0.264 e. The van der Waals surface area contributed by atoms with E-state index in [2.05, 4.69) is 5.32 Å². The largest absolute Gasteiger partial charge is 0.352 e. The number of rotatable bonds is 13. The first-order valence-corrected chi connectivity index (χ1v) is 16.8. The van der Waals surface area contributed by atoms with Crippen LogP contribution in [0.4, 0.5) is 5.69 Å². The van der Waals surface area contributed by atoms with E-state index in [1.165, 1.54) is 17.0 Å². The predicted molar refractivity (Wildman–Crippen MR) is 181 cm³/mol. The summed E-state index contributed by atoms with van der Waals surface area (Å²) in [5, 5.41) is 3.39. The zero-order chi connectivity index (χ0) is 32.6. The summed E-state index contributed by atoms with van der Waals surface area (Å²) in [6.07, 6.45) is 0.968. The van der Waals surface area contributed by atoms with Crippen molar-refractivity contribution in [2.24, 2.45) is 0 Å². The Balaban J connectivity index is 1.82. The monoisotopic (exact) mass is 645 g/mol. The second kappa shape index (κ2) is 15.2. The third-order valence-electron chi connectivity index (χ3n) is 7.80. The molecular formula is C36H40ClN3O4S. The van der Waals surface area contributed by atoms with Crippen molar-refractivity contribution in [3.63, 3.8) is 0 Å². The third-order valence-corrected chi connectivity index (χ3v) is 9.80. The number of nitrogens with one attached hydrogen (secondary N) is 1. The quantitative estimate of drug-likeness (QED) is 0.175. The summed E-state index contributed by atoms with van der Waals surface area (Å²) >= 11 is 6.36. The van der Waals surface area contributed by atoms with Gasteiger partial charge in [-0.15, -0.1) is 0 Å². The van der Waals surface area contributed by atoms with Gasteiger partial charge in [-0.2, -0.15) is 0 Å². The van der Waals surface area contributed by atoms with Crippen LogP contribution in [0.25, 0.3) is 0 Å². The lowest BCUT2D eigenvalue weighted by Gasteiger charge is -2.34. The number of carbonyl (C=O) groups is 2. The normalized spacial score (nSPS) is 12.6. The van der Waals surface area contributed by atoms with E-state index >= 15 is 0 Å². The van der Waals surface area contributed by atoms with E-state index < -0.39 is 28.5 Å². The van der Waals surface area contributed by atoms with E-state index in [-0.39, 0.29) is 29.8 Å². The molecule has 0 saturated heterocycles. The lowest BCUT2D eigenvalue weighted by molar-refractivity contribution is -0.140. The third kappa shape index (κ3) is 8.74. The summed E-state index contributed by atoms with van der Waals surface area (Å²) in [6, 6.07) is 29.3. The second-order valence-corrected chi connectivity index (χ2v) is 13.6. The van der Waals surface area contributed by atoms with Gasteiger partial charge in [0.1, 0.15) is 12.6 Å². The van der Waals surface area contributed by atoms with Crippen LogP contribution in [0.2, 0.25) is 5.02 Å². The molecule has 0 saturated carbocycles. The van der Waals surface area contributed by atoms with Gasteiger partial charge in [-0.05, 0) is 68.1 Å².